The summed E-state index contributed by atoms with van der Waals surface area (Å²) in [7, 11) is 0. The van der Waals surface area contributed by atoms with Crippen LogP contribution in [0.1, 0.15) is 23.9 Å². The van der Waals surface area contributed by atoms with Gasteiger partial charge < -0.3 is 5.43 Å². The van der Waals surface area contributed by atoms with Gasteiger partial charge >= 0.3 is 0 Å². The molecule has 5 heteroatoms. The molecule has 0 radical (unpaired) electrons. The Morgan fingerprint density at radius 1 is 1.26 bits per heavy atom. The van der Waals surface area contributed by atoms with Crippen molar-refractivity contribution >= 4 is 17.6 Å². The van der Waals surface area contributed by atoms with Gasteiger partial charge in [0.1, 0.15) is 16.7 Å². The summed E-state index contributed by atoms with van der Waals surface area (Å²) in [5, 5.41) is 0.949. The van der Waals surface area contributed by atoms with Gasteiger partial charge in [-0.1, -0.05) is 36.4 Å². The first-order valence-electron chi connectivity index (χ1n) is 6.22. The number of hydrazine groups is 1. The standard InChI is InChI=1S/C14H18N4S/c1-4-12-16-13(18-15)10(3)14(17-12)19-11-7-5-6-9(2)8-11/h5-8H,4,15H2,1-3H3,(H,16,17,18). The smallest absolute Gasteiger partial charge is 0.147 e. The summed E-state index contributed by atoms with van der Waals surface area (Å²) >= 11 is 1.64. The van der Waals surface area contributed by atoms with E-state index < -0.39 is 0 Å². The molecule has 0 fully saturated rings. The molecule has 0 aliphatic heterocycles. The highest BCUT2D eigenvalue weighted by Crippen LogP contribution is 2.31. The summed E-state index contributed by atoms with van der Waals surface area (Å²) < 4.78 is 0. The van der Waals surface area contributed by atoms with Gasteiger partial charge in [0, 0.05) is 16.9 Å². The van der Waals surface area contributed by atoms with Gasteiger partial charge in [-0.25, -0.2) is 15.8 Å². The first-order valence-corrected chi connectivity index (χ1v) is 7.04. The van der Waals surface area contributed by atoms with Crippen LogP contribution in [0.25, 0.3) is 0 Å². The summed E-state index contributed by atoms with van der Waals surface area (Å²) in [5.41, 5.74) is 4.86. The van der Waals surface area contributed by atoms with Gasteiger partial charge in [-0.15, -0.1) is 0 Å². The number of nitrogen functional groups attached to an aromatic ring is 1. The maximum Gasteiger partial charge on any atom is 0.147 e. The van der Waals surface area contributed by atoms with Crippen LogP contribution < -0.4 is 11.3 Å². The largest absolute Gasteiger partial charge is 0.308 e. The van der Waals surface area contributed by atoms with Crippen molar-refractivity contribution in [2.24, 2.45) is 5.84 Å². The van der Waals surface area contributed by atoms with Gasteiger partial charge in [0.2, 0.25) is 0 Å². The van der Waals surface area contributed by atoms with Gasteiger partial charge in [0.25, 0.3) is 0 Å². The summed E-state index contributed by atoms with van der Waals surface area (Å²) in [6.45, 7) is 6.10. The molecule has 0 bridgehead atoms. The number of nitrogens with zero attached hydrogens (tertiary/aromatic N) is 2. The number of benzene rings is 1. The molecular formula is C14H18N4S. The Morgan fingerprint density at radius 2 is 2.05 bits per heavy atom. The van der Waals surface area contributed by atoms with E-state index in [1.807, 2.05) is 13.8 Å². The van der Waals surface area contributed by atoms with Crippen LogP contribution in [0.15, 0.2) is 34.2 Å². The van der Waals surface area contributed by atoms with Gasteiger partial charge in [-0.3, -0.25) is 0 Å². The van der Waals surface area contributed by atoms with Crippen LogP contribution in [0.2, 0.25) is 0 Å². The number of hydrogen-bond donors (Lipinski definition) is 2. The summed E-state index contributed by atoms with van der Waals surface area (Å²) in [6, 6.07) is 8.37. The molecular weight excluding hydrogens is 256 g/mol. The molecule has 0 spiro atoms. The van der Waals surface area contributed by atoms with Crippen molar-refractivity contribution in [2.75, 3.05) is 5.43 Å². The Bertz CT molecular complexity index is 584. The fourth-order valence-electron chi connectivity index (χ4n) is 1.73. The maximum absolute atomic E-state index is 5.51. The fraction of sp³-hybridized carbons (Fsp3) is 0.286. The molecule has 1 aromatic carbocycles. The van der Waals surface area contributed by atoms with Gasteiger partial charge in [-0.2, -0.15) is 0 Å². The number of anilines is 1. The van der Waals surface area contributed by atoms with Crippen LogP contribution in [0.5, 0.6) is 0 Å². The van der Waals surface area contributed by atoms with Gasteiger partial charge in [-0.05, 0) is 26.0 Å². The van der Waals surface area contributed by atoms with Crippen molar-refractivity contribution in [1.82, 2.24) is 9.97 Å². The van der Waals surface area contributed by atoms with Crippen LogP contribution in [0.4, 0.5) is 5.82 Å². The lowest BCUT2D eigenvalue weighted by Crippen LogP contribution is -2.13. The Hall–Kier alpha value is -1.59. The first kappa shape index (κ1) is 13.8. The Morgan fingerprint density at radius 3 is 2.68 bits per heavy atom. The average Bonchev–Trinajstić information content (AvgIpc) is 2.41. The second-order valence-corrected chi connectivity index (χ2v) is 5.40. The van der Waals surface area contributed by atoms with E-state index in [0.717, 1.165) is 22.8 Å². The van der Waals surface area contributed by atoms with E-state index in [1.54, 1.807) is 11.8 Å². The molecule has 2 rings (SSSR count). The number of nitrogens with two attached hydrogens (primary N) is 1. The summed E-state index contributed by atoms with van der Waals surface area (Å²) in [4.78, 5) is 10.1. The Balaban J connectivity index is 2.38. The predicted octanol–water partition coefficient (Wildman–Crippen LogP) is 3.09. The maximum atomic E-state index is 5.51. The average molecular weight is 274 g/mol. The molecule has 0 aliphatic rings. The van der Waals surface area contributed by atoms with Crippen molar-refractivity contribution < 1.29 is 0 Å². The minimum Gasteiger partial charge on any atom is -0.308 e. The van der Waals surface area contributed by atoms with E-state index in [1.165, 1.54) is 10.5 Å². The number of nitrogens with one attached hydrogen (secondary N) is 1. The Labute approximate surface area is 117 Å². The van der Waals surface area contributed by atoms with E-state index in [-0.39, 0.29) is 0 Å². The van der Waals surface area contributed by atoms with E-state index in [4.69, 9.17) is 5.84 Å². The highest BCUT2D eigenvalue weighted by Gasteiger charge is 2.10. The van der Waals surface area contributed by atoms with Crippen LogP contribution in [0.3, 0.4) is 0 Å². The first-order chi connectivity index (χ1) is 9.13. The highest BCUT2D eigenvalue weighted by molar-refractivity contribution is 7.99. The number of aryl methyl sites for hydroxylation is 2. The van der Waals surface area contributed by atoms with Crippen molar-refractivity contribution in [2.45, 2.75) is 37.1 Å². The van der Waals surface area contributed by atoms with Crippen LogP contribution in [-0.2, 0) is 6.42 Å². The topological polar surface area (TPSA) is 63.8 Å². The number of hydrogen-bond acceptors (Lipinski definition) is 5. The molecule has 0 aliphatic carbocycles. The molecule has 0 unspecified atom stereocenters. The summed E-state index contributed by atoms with van der Waals surface area (Å²) in [6.07, 6.45) is 0.788. The van der Waals surface area contributed by atoms with Crippen LogP contribution in [0, 0.1) is 13.8 Å². The van der Waals surface area contributed by atoms with E-state index in [9.17, 15) is 0 Å². The normalized spacial score (nSPS) is 10.5. The molecule has 4 nitrogen and oxygen atoms in total. The third kappa shape index (κ3) is 3.24. The van der Waals surface area contributed by atoms with Crippen molar-refractivity contribution in [3.8, 4) is 0 Å². The SMILES string of the molecule is CCc1nc(NN)c(C)c(Sc2cccc(C)c2)n1. The molecule has 0 amide bonds. The lowest BCUT2D eigenvalue weighted by Gasteiger charge is -2.11. The highest BCUT2D eigenvalue weighted by atomic mass is 32.2. The third-order valence-electron chi connectivity index (χ3n) is 2.80. The molecule has 0 saturated heterocycles. The predicted molar refractivity (Wildman–Crippen MR) is 79.3 cm³/mol. The van der Waals surface area contributed by atoms with Crippen LogP contribution >= 0.6 is 11.8 Å². The molecule has 1 aromatic heterocycles. The molecule has 19 heavy (non-hydrogen) atoms. The molecule has 3 N–H and O–H groups in total. The monoisotopic (exact) mass is 274 g/mol. The zero-order chi connectivity index (χ0) is 13.8. The minimum absolute atomic E-state index is 0.696. The molecule has 100 valence electrons. The lowest BCUT2D eigenvalue weighted by atomic mass is 10.2. The quantitative estimate of drug-likeness (QED) is 0.509. The molecule has 0 saturated carbocycles. The molecule has 0 atom stereocenters. The molecule has 2 aromatic rings. The zero-order valence-corrected chi connectivity index (χ0v) is 12.2. The zero-order valence-electron chi connectivity index (χ0n) is 11.4. The van der Waals surface area contributed by atoms with Gasteiger partial charge in [0.05, 0.1) is 0 Å². The van der Waals surface area contributed by atoms with Crippen molar-refractivity contribution in [1.29, 1.82) is 0 Å². The lowest BCUT2D eigenvalue weighted by molar-refractivity contribution is 0.871. The minimum atomic E-state index is 0.696. The second kappa shape index (κ2) is 6.04. The second-order valence-electron chi connectivity index (χ2n) is 4.34. The summed E-state index contributed by atoms with van der Waals surface area (Å²) in [5.74, 6) is 7.01. The van der Waals surface area contributed by atoms with E-state index in [0.29, 0.717) is 5.82 Å². The number of rotatable bonds is 4. The van der Waals surface area contributed by atoms with E-state index >= 15 is 0 Å². The fourth-order valence-corrected chi connectivity index (χ4v) is 2.74. The van der Waals surface area contributed by atoms with Gasteiger partial charge in [0.15, 0.2) is 0 Å². The van der Waals surface area contributed by atoms with Crippen molar-refractivity contribution in [3.63, 3.8) is 0 Å². The molecule has 1 heterocycles. The number of aromatic nitrogens is 2. The van der Waals surface area contributed by atoms with Crippen LogP contribution in [-0.4, -0.2) is 9.97 Å². The van der Waals surface area contributed by atoms with Crippen molar-refractivity contribution in [3.05, 3.63) is 41.2 Å². The third-order valence-corrected chi connectivity index (χ3v) is 3.88. The Kier molecular flexibility index (Phi) is 4.39. The van der Waals surface area contributed by atoms with E-state index in [2.05, 4.69) is 46.6 Å².